The molecule has 222 valence electrons. The standard InChI is InChI=1S/C29H40N6O5S/c1-7-13-29(32-26(37)40-27(3,4)5)16-14-28(6,15-17-29)25(36)34-33-23-19-30-24-22(31-23)12-18-35(24)41(38,39)21-10-8-20(2)9-11-21/h8-12,18-19H,7,13-17H2,1-6H3,(H,31,33)(H,32,37)(H,34,36). The number of rotatable bonds is 8. The van der Waals surface area contributed by atoms with Crippen LogP contribution in [0.25, 0.3) is 11.2 Å². The van der Waals surface area contributed by atoms with E-state index in [9.17, 15) is 18.0 Å². The SMILES string of the molecule is CCCC1(NC(=O)OC(C)(C)C)CCC(C)(C(=O)NNc2cnc3c(ccn3S(=O)(=O)c3ccc(C)cc3)n2)CC1. The first-order chi connectivity index (χ1) is 19.2. The van der Waals surface area contributed by atoms with Gasteiger partial charge in [0, 0.05) is 17.2 Å². The zero-order valence-corrected chi connectivity index (χ0v) is 25.4. The molecule has 2 heterocycles. The summed E-state index contributed by atoms with van der Waals surface area (Å²) in [4.78, 5) is 34.7. The molecule has 12 heteroatoms. The number of ether oxygens (including phenoxy) is 1. The first-order valence-electron chi connectivity index (χ1n) is 13.9. The maximum Gasteiger partial charge on any atom is 0.408 e. The number of nitrogens with one attached hydrogen (secondary N) is 3. The summed E-state index contributed by atoms with van der Waals surface area (Å²) in [5.74, 6) is 0.0870. The maximum atomic E-state index is 13.2. The van der Waals surface area contributed by atoms with Crippen molar-refractivity contribution in [2.24, 2.45) is 5.41 Å². The van der Waals surface area contributed by atoms with Crippen LogP contribution in [0.5, 0.6) is 0 Å². The topological polar surface area (TPSA) is 144 Å². The van der Waals surface area contributed by atoms with Crippen LogP contribution in [-0.2, 0) is 19.6 Å². The molecule has 2 amide bonds. The summed E-state index contributed by atoms with van der Waals surface area (Å²) < 4.78 is 32.8. The summed E-state index contributed by atoms with van der Waals surface area (Å²) in [7, 11) is -3.84. The zero-order chi connectivity index (χ0) is 30.1. The minimum Gasteiger partial charge on any atom is -0.444 e. The van der Waals surface area contributed by atoms with Gasteiger partial charge in [-0.2, -0.15) is 0 Å². The number of carbonyl (C=O) groups is 2. The van der Waals surface area contributed by atoms with Crippen LogP contribution in [0.15, 0.2) is 47.6 Å². The quantitative estimate of drug-likeness (QED) is 0.312. The highest BCUT2D eigenvalue weighted by Crippen LogP contribution is 2.43. The Labute approximate surface area is 241 Å². The van der Waals surface area contributed by atoms with E-state index in [2.05, 4.69) is 33.1 Å². The van der Waals surface area contributed by atoms with Crippen molar-refractivity contribution in [2.45, 2.75) is 96.1 Å². The lowest BCUT2D eigenvalue weighted by Crippen LogP contribution is -2.55. The molecule has 0 aliphatic heterocycles. The van der Waals surface area contributed by atoms with Gasteiger partial charge in [0.05, 0.1) is 11.1 Å². The van der Waals surface area contributed by atoms with Crippen molar-refractivity contribution in [3.8, 4) is 0 Å². The molecule has 1 saturated carbocycles. The minimum atomic E-state index is -3.84. The van der Waals surface area contributed by atoms with Crippen molar-refractivity contribution in [2.75, 3.05) is 5.43 Å². The van der Waals surface area contributed by atoms with Gasteiger partial charge in [0.1, 0.15) is 11.1 Å². The average Bonchev–Trinajstić information content (AvgIpc) is 3.33. The second kappa shape index (κ2) is 11.3. The summed E-state index contributed by atoms with van der Waals surface area (Å²) in [6.07, 6.45) is 6.53. The Morgan fingerprint density at radius 1 is 1.07 bits per heavy atom. The fraction of sp³-hybridized carbons (Fsp3) is 0.517. The van der Waals surface area contributed by atoms with Crippen molar-refractivity contribution in [1.29, 1.82) is 0 Å². The van der Waals surface area contributed by atoms with Gasteiger partial charge in [-0.25, -0.2) is 27.2 Å². The number of carbonyl (C=O) groups excluding carboxylic acids is 2. The normalized spacial score (nSPS) is 21.3. The third kappa shape index (κ3) is 6.80. The number of nitrogens with zero attached hydrogens (tertiary/aromatic N) is 3. The Balaban J connectivity index is 1.40. The highest BCUT2D eigenvalue weighted by molar-refractivity contribution is 7.90. The zero-order valence-electron chi connectivity index (χ0n) is 24.6. The number of aryl methyl sites for hydroxylation is 1. The van der Waals surface area contributed by atoms with Gasteiger partial charge in [0.25, 0.3) is 10.0 Å². The molecular formula is C29H40N6O5S. The first kappa shape index (κ1) is 30.3. The molecule has 0 spiro atoms. The molecule has 3 aromatic rings. The molecule has 1 aliphatic carbocycles. The molecule has 4 rings (SSSR count). The Morgan fingerprint density at radius 3 is 2.34 bits per heavy atom. The van der Waals surface area contributed by atoms with E-state index in [1.165, 1.54) is 12.4 Å². The number of benzene rings is 1. The lowest BCUT2D eigenvalue weighted by atomic mass is 9.66. The number of hydrazine groups is 1. The van der Waals surface area contributed by atoms with Crippen molar-refractivity contribution in [1.82, 2.24) is 24.7 Å². The third-order valence-corrected chi connectivity index (χ3v) is 9.27. The Morgan fingerprint density at radius 2 is 1.73 bits per heavy atom. The van der Waals surface area contributed by atoms with Gasteiger partial charge in [-0.05, 0) is 78.0 Å². The van der Waals surface area contributed by atoms with Gasteiger partial charge in [-0.1, -0.05) is 38.0 Å². The van der Waals surface area contributed by atoms with Crippen LogP contribution in [0, 0.1) is 12.3 Å². The summed E-state index contributed by atoms with van der Waals surface area (Å²) in [6.45, 7) is 11.4. The third-order valence-electron chi connectivity index (χ3n) is 7.59. The summed E-state index contributed by atoms with van der Waals surface area (Å²) >= 11 is 0. The Kier molecular flexibility index (Phi) is 8.35. The molecular weight excluding hydrogens is 544 g/mol. The fourth-order valence-electron chi connectivity index (χ4n) is 5.18. The number of hydrogen-bond donors (Lipinski definition) is 3. The highest BCUT2D eigenvalue weighted by Gasteiger charge is 2.45. The van der Waals surface area contributed by atoms with Gasteiger partial charge in [-0.3, -0.25) is 15.6 Å². The van der Waals surface area contributed by atoms with Crippen molar-refractivity contribution >= 4 is 39.0 Å². The maximum absolute atomic E-state index is 13.2. The summed E-state index contributed by atoms with van der Waals surface area (Å²) in [6, 6.07) is 8.16. The van der Waals surface area contributed by atoms with Crippen LogP contribution < -0.4 is 16.2 Å². The van der Waals surface area contributed by atoms with E-state index in [-0.39, 0.29) is 22.3 Å². The molecule has 1 fully saturated rings. The van der Waals surface area contributed by atoms with Crippen LogP contribution in [0.2, 0.25) is 0 Å². The van der Waals surface area contributed by atoms with Crippen molar-refractivity contribution in [3.05, 3.63) is 48.3 Å². The Hall–Kier alpha value is -3.67. The van der Waals surface area contributed by atoms with Crippen molar-refractivity contribution in [3.63, 3.8) is 0 Å². The second-order valence-electron chi connectivity index (χ2n) is 12.2. The molecule has 11 nitrogen and oxygen atoms in total. The second-order valence-corrected chi connectivity index (χ2v) is 14.0. The molecule has 0 saturated heterocycles. The molecule has 41 heavy (non-hydrogen) atoms. The molecule has 1 aromatic carbocycles. The lowest BCUT2D eigenvalue weighted by molar-refractivity contribution is -0.132. The van der Waals surface area contributed by atoms with Crippen LogP contribution >= 0.6 is 0 Å². The monoisotopic (exact) mass is 584 g/mol. The largest absolute Gasteiger partial charge is 0.444 e. The lowest BCUT2D eigenvalue weighted by Gasteiger charge is -2.44. The molecule has 0 atom stereocenters. The number of anilines is 1. The highest BCUT2D eigenvalue weighted by atomic mass is 32.2. The van der Waals surface area contributed by atoms with E-state index in [4.69, 9.17) is 4.74 Å². The van der Waals surface area contributed by atoms with E-state index in [1.807, 2.05) is 34.6 Å². The van der Waals surface area contributed by atoms with Gasteiger partial charge >= 0.3 is 6.09 Å². The minimum absolute atomic E-state index is 0.154. The van der Waals surface area contributed by atoms with Crippen LogP contribution in [-0.4, -0.2) is 45.5 Å². The van der Waals surface area contributed by atoms with Crippen molar-refractivity contribution < 1.29 is 22.7 Å². The average molecular weight is 585 g/mol. The molecule has 0 radical (unpaired) electrons. The number of aromatic nitrogens is 3. The predicted molar refractivity (Wildman–Crippen MR) is 157 cm³/mol. The van der Waals surface area contributed by atoms with Crippen LogP contribution in [0.4, 0.5) is 10.6 Å². The Bertz CT molecular complexity index is 1520. The fourth-order valence-corrected chi connectivity index (χ4v) is 6.48. The van der Waals surface area contributed by atoms with Gasteiger partial charge < -0.3 is 10.1 Å². The van der Waals surface area contributed by atoms with E-state index >= 15 is 0 Å². The molecule has 2 aromatic heterocycles. The molecule has 0 unspecified atom stereocenters. The predicted octanol–water partition coefficient (Wildman–Crippen LogP) is 5.06. The molecule has 0 bridgehead atoms. The summed E-state index contributed by atoms with van der Waals surface area (Å²) in [5, 5.41) is 3.10. The molecule has 3 N–H and O–H groups in total. The summed E-state index contributed by atoms with van der Waals surface area (Å²) in [5.41, 5.74) is 5.43. The van der Waals surface area contributed by atoms with Gasteiger partial charge in [-0.15, -0.1) is 0 Å². The number of fused-ring (bicyclic) bond motifs is 1. The van der Waals surface area contributed by atoms with Gasteiger partial charge in [0.15, 0.2) is 11.5 Å². The van der Waals surface area contributed by atoms with Gasteiger partial charge in [0.2, 0.25) is 5.91 Å². The molecule has 1 aliphatic rings. The van der Waals surface area contributed by atoms with E-state index in [0.717, 1.165) is 22.4 Å². The number of amides is 2. The van der Waals surface area contributed by atoms with Crippen LogP contribution in [0.3, 0.4) is 0 Å². The number of hydrogen-bond acceptors (Lipinski definition) is 8. The van der Waals surface area contributed by atoms with E-state index in [0.29, 0.717) is 31.2 Å². The number of alkyl carbamates (subject to hydrolysis) is 1. The smallest absolute Gasteiger partial charge is 0.408 e. The van der Waals surface area contributed by atoms with E-state index in [1.54, 1.807) is 30.3 Å². The van der Waals surface area contributed by atoms with Crippen LogP contribution in [0.1, 0.15) is 78.7 Å². The van der Waals surface area contributed by atoms with E-state index < -0.39 is 32.7 Å². The first-order valence-corrected chi connectivity index (χ1v) is 15.3.